The molecule has 0 saturated carbocycles. The third kappa shape index (κ3) is 5.65. The van der Waals surface area contributed by atoms with Gasteiger partial charge in [-0.05, 0) is 17.7 Å². The number of carboxylic acid groups (broad SMARTS) is 1. The van der Waals surface area contributed by atoms with Gasteiger partial charge in [0.1, 0.15) is 0 Å². The maximum atomic E-state index is 12.4. The van der Waals surface area contributed by atoms with E-state index in [0.717, 1.165) is 11.0 Å². The van der Waals surface area contributed by atoms with Gasteiger partial charge in [-0.15, -0.1) is 0 Å². The monoisotopic (exact) mass is 300 g/mol. The number of hydrogen-bond acceptors (Lipinski definition) is 4. The molecule has 0 aliphatic rings. The summed E-state index contributed by atoms with van der Waals surface area (Å²) in [5.74, 6) is -1.87. The Morgan fingerprint density at radius 2 is 2.10 bits per heavy atom. The van der Waals surface area contributed by atoms with Gasteiger partial charge >= 0.3 is 5.97 Å². The second kappa shape index (κ2) is 8.05. The van der Waals surface area contributed by atoms with Gasteiger partial charge in [0.15, 0.2) is 0 Å². The molecule has 114 valence electrons. The summed E-state index contributed by atoms with van der Waals surface area (Å²) in [7, 11) is 0. The molecule has 8 heteroatoms. The highest BCUT2D eigenvalue weighted by Crippen LogP contribution is 2.10. The van der Waals surface area contributed by atoms with Gasteiger partial charge in [-0.3, -0.25) is 9.78 Å². The summed E-state index contributed by atoms with van der Waals surface area (Å²) in [4.78, 5) is 27.0. The number of pyridine rings is 1. The lowest BCUT2D eigenvalue weighted by molar-refractivity contribution is -0.131. The van der Waals surface area contributed by atoms with Gasteiger partial charge in [-0.2, -0.15) is 0 Å². The van der Waals surface area contributed by atoms with E-state index in [1.165, 1.54) is 24.5 Å². The molecule has 1 amide bonds. The second-order valence-electron chi connectivity index (χ2n) is 4.04. The van der Waals surface area contributed by atoms with E-state index in [4.69, 9.17) is 10.2 Å². The molecule has 1 aromatic rings. The molecule has 6 nitrogen and oxygen atoms in total. The predicted octanol–water partition coefficient (Wildman–Crippen LogP) is 0.879. The summed E-state index contributed by atoms with van der Waals surface area (Å²) in [5.41, 5.74) is 0.390. The highest BCUT2D eigenvalue weighted by Gasteiger charge is 2.19. The van der Waals surface area contributed by atoms with Crippen LogP contribution in [0.2, 0.25) is 0 Å². The van der Waals surface area contributed by atoms with Gasteiger partial charge in [-0.1, -0.05) is 0 Å². The lowest BCUT2D eigenvalue weighted by Crippen LogP contribution is -2.37. The van der Waals surface area contributed by atoms with Gasteiger partial charge in [0, 0.05) is 25.0 Å². The molecule has 0 bridgehead atoms. The smallest absolute Gasteiger partial charge is 0.328 e. The van der Waals surface area contributed by atoms with E-state index in [1.54, 1.807) is 0 Å². The average Bonchev–Trinajstić information content (AvgIpc) is 2.44. The molecule has 0 aliphatic heterocycles. The van der Waals surface area contributed by atoms with Crippen LogP contribution in [0.5, 0.6) is 0 Å². The van der Waals surface area contributed by atoms with E-state index < -0.39 is 31.5 Å². The quantitative estimate of drug-likeness (QED) is 0.729. The van der Waals surface area contributed by atoms with Gasteiger partial charge in [0.05, 0.1) is 18.7 Å². The first-order valence-electron chi connectivity index (χ1n) is 5.98. The third-order valence-corrected chi connectivity index (χ3v) is 2.44. The van der Waals surface area contributed by atoms with Crippen molar-refractivity contribution in [2.45, 2.75) is 6.43 Å². The molecule has 2 N–H and O–H groups in total. The van der Waals surface area contributed by atoms with Crippen molar-refractivity contribution in [2.75, 3.05) is 19.7 Å². The van der Waals surface area contributed by atoms with Crippen LogP contribution in [0.3, 0.4) is 0 Å². The van der Waals surface area contributed by atoms with Crippen LogP contribution in [0.4, 0.5) is 8.78 Å². The van der Waals surface area contributed by atoms with E-state index in [9.17, 15) is 18.4 Å². The van der Waals surface area contributed by atoms with Crippen molar-refractivity contribution in [1.29, 1.82) is 0 Å². The summed E-state index contributed by atoms with van der Waals surface area (Å²) >= 11 is 0. The molecular formula is C13H14F2N2O4. The molecule has 0 spiro atoms. The predicted molar refractivity (Wildman–Crippen MR) is 69.9 cm³/mol. The number of carbonyl (C=O) groups is 2. The molecule has 0 unspecified atom stereocenters. The zero-order chi connectivity index (χ0) is 15.8. The maximum absolute atomic E-state index is 12.4. The summed E-state index contributed by atoms with van der Waals surface area (Å²) in [6, 6.07) is 1.34. The van der Waals surface area contributed by atoms with Crippen molar-refractivity contribution >= 4 is 18.0 Å². The van der Waals surface area contributed by atoms with Crippen molar-refractivity contribution in [3.8, 4) is 0 Å². The number of nitrogens with zero attached hydrogens (tertiary/aromatic N) is 2. The first-order valence-corrected chi connectivity index (χ1v) is 5.98. The molecular weight excluding hydrogens is 286 g/mol. The summed E-state index contributed by atoms with van der Waals surface area (Å²) in [5, 5.41) is 17.3. The Labute approximate surface area is 119 Å². The van der Waals surface area contributed by atoms with E-state index in [-0.39, 0.29) is 12.1 Å². The fourth-order valence-corrected chi connectivity index (χ4v) is 1.58. The largest absolute Gasteiger partial charge is 0.478 e. The fourth-order valence-electron chi connectivity index (χ4n) is 1.58. The van der Waals surface area contributed by atoms with E-state index in [0.29, 0.717) is 5.56 Å². The van der Waals surface area contributed by atoms with Crippen LogP contribution in [0.15, 0.2) is 24.5 Å². The molecule has 0 aromatic carbocycles. The number of rotatable bonds is 7. The number of carboxylic acids is 1. The number of aromatic nitrogens is 1. The molecule has 1 heterocycles. The normalized spacial score (nSPS) is 11.0. The highest BCUT2D eigenvalue weighted by molar-refractivity contribution is 5.94. The molecule has 1 rings (SSSR count). The van der Waals surface area contributed by atoms with Crippen LogP contribution in [-0.2, 0) is 4.79 Å². The fraction of sp³-hybridized carbons (Fsp3) is 0.308. The minimum absolute atomic E-state index is 0.0386. The van der Waals surface area contributed by atoms with Crippen LogP contribution >= 0.6 is 0 Å². The molecule has 0 fully saturated rings. The van der Waals surface area contributed by atoms with Crippen LogP contribution < -0.4 is 0 Å². The Morgan fingerprint density at radius 1 is 1.38 bits per heavy atom. The topological polar surface area (TPSA) is 90.7 Å². The summed E-state index contributed by atoms with van der Waals surface area (Å²) in [6.45, 7) is -1.46. The number of alkyl halides is 2. The number of carbonyl (C=O) groups excluding carboxylic acids is 1. The van der Waals surface area contributed by atoms with Crippen LogP contribution in [-0.4, -0.2) is 58.1 Å². The lowest BCUT2D eigenvalue weighted by atomic mass is 10.1. The van der Waals surface area contributed by atoms with Crippen LogP contribution in [0, 0.1) is 0 Å². The van der Waals surface area contributed by atoms with Gasteiger partial charge < -0.3 is 15.1 Å². The molecule has 21 heavy (non-hydrogen) atoms. The minimum atomic E-state index is -2.72. The molecule has 0 saturated heterocycles. The van der Waals surface area contributed by atoms with Gasteiger partial charge in [0.25, 0.3) is 12.3 Å². The van der Waals surface area contributed by atoms with Gasteiger partial charge in [-0.25, -0.2) is 13.6 Å². The standard InChI is InChI=1S/C13H14F2N2O4/c14-11(15)8-17(3-4-18)13(21)10-5-9(6-16-7-10)1-2-12(19)20/h1-2,5-7,11,18H,3-4,8H2,(H,19,20)/b2-1+. The summed E-state index contributed by atoms with van der Waals surface area (Å²) < 4.78 is 24.8. The van der Waals surface area contributed by atoms with Crippen LogP contribution in [0.1, 0.15) is 15.9 Å². The second-order valence-corrected chi connectivity index (χ2v) is 4.04. The van der Waals surface area contributed by atoms with E-state index >= 15 is 0 Å². The Morgan fingerprint density at radius 3 is 2.67 bits per heavy atom. The van der Waals surface area contributed by atoms with Crippen molar-refractivity contribution in [3.63, 3.8) is 0 Å². The number of aliphatic hydroxyl groups is 1. The lowest BCUT2D eigenvalue weighted by Gasteiger charge is -2.21. The SMILES string of the molecule is O=C(O)/C=C/c1cncc(C(=O)N(CCO)CC(F)F)c1. The van der Waals surface area contributed by atoms with Crippen molar-refractivity contribution in [1.82, 2.24) is 9.88 Å². The number of aliphatic carboxylic acids is 1. The molecule has 0 atom stereocenters. The number of hydrogen-bond donors (Lipinski definition) is 2. The number of amides is 1. The van der Waals surface area contributed by atoms with Gasteiger partial charge in [0.2, 0.25) is 0 Å². The number of aliphatic hydroxyl groups excluding tert-OH is 1. The first-order chi connectivity index (χ1) is 9.93. The zero-order valence-electron chi connectivity index (χ0n) is 10.9. The van der Waals surface area contributed by atoms with E-state index in [2.05, 4.69) is 4.98 Å². The van der Waals surface area contributed by atoms with Crippen molar-refractivity contribution in [2.24, 2.45) is 0 Å². The maximum Gasteiger partial charge on any atom is 0.328 e. The molecule has 0 aliphatic carbocycles. The third-order valence-electron chi connectivity index (χ3n) is 2.44. The van der Waals surface area contributed by atoms with E-state index in [1.807, 2.05) is 0 Å². The van der Waals surface area contributed by atoms with Crippen molar-refractivity contribution in [3.05, 3.63) is 35.7 Å². The highest BCUT2D eigenvalue weighted by atomic mass is 19.3. The Hall–Kier alpha value is -2.35. The minimum Gasteiger partial charge on any atom is -0.478 e. The zero-order valence-corrected chi connectivity index (χ0v) is 10.9. The Balaban J connectivity index is 2.94. The Kier molecular flexibility index (Phi) is 6.41. The Bertz CT molecular complexity index is 535. The van der Waals surface area contributed by atoms with Crippen LogP contribution in [0.25, 0.3) is 6.08 Å². The number of halogens is 2. The summed E-state index contributed by atoms with van der Waals surface area (Å²) in [6.07, 6.45) is 1.91. The first kappa shape index (κ1) is 16.7. The van der Waals surface area contributed by atoms with Crippen molar-refractivity contribution < 1.29 is 28.6 Å². The molecule has 1 aromatic heterocycles. The molecule has 0 radical (unpaired) electrons. The average molecular weight is 300 g/mol.